The average molecular weight is 628 g/mol. The molecule has 244 valence electrons. The molecule has 5 unspecified atom stereocenters. The quantitative estimate of drug-likeness (QED) is 0.416. The highest BCUT2D eigenvalue weighted by molar-refractivity contribution is 7.90. The van der Waals surface area contributed by atoms with Crippen LogP contribution in [0.4, 0.5) is 0 Å². The second-order valence-electron chi connectivity index (χ2n) is 14.4. The van der Waals surface area contributed by atoms with Gasteiger partial charge in [0.15, 0.2) is 0 Å². The molecule has 1 aromatic heterocycles. The molecule has 0 radical (unpaired) electrons. The molecule has 3 N–H and O–H groups in total. The summed E-state index contributed by atoms with van der Waals surface area (Å²) < 4.78 is 42.8. The van der Waals surface area contributed by atoms with E-state index < -0.39 is 21.6 Å². The van der Waals surface area contributed by atoms with Crippen molar-refractivity contribution >= 4 is 10.0 Å². The van der Waals surface area contributed by atoms with E-state index in [-0.39, 0.29) is 29.6 Å². The summed E-state index contributed by atoms with van der Waals surface area (Å²) >= 11 is 0. The first kappa shape index (κ1) is 33.4. The molecule has 0 amide bonds. The summed E-state index contributed by atoms with van der Waals surface area (Å²) in [6.07, 6.45) is 3.98. The second kappa shape index (κ2) is 14.2. The number of fused-ring (bicyclic) bond motifs is 4. The number of rotatable bonds is 6. The van der Waals surface area contributed by atoms with E-state index in [0.29, 0.717) is 39.0 Å². The maximum atomic E-state index is 13.8. The van der Waals surface area contributed by atoms with Gasteiger partial charge in [0.2, 0.25) is 10.0 Å². The van der Waals surface area contributed by atoms with E-state index in [4.69, 9.17) is 14.5 Å². The molecule has 5 rings (SSSR count). The van der Waals surface area contributed by atoms with Crippen molar-refractivity contribution in [3.05, 3.63) is 64.5 Å². The maximum Gasteiger partial charge on any atom is 0.216 e. The summed E-state index contributed by atoms with van der Waals surface area (Å²) in [6.45, 7) is 13.6. The van der Waals surface area contributed by atoms with Gasteiger partial charge in [-0.1, -0.05) is 51.5 Å². The lowest BCUT2D eigenvalue weighted by atomic mass is 9.85. The number of benzene rings is 1. The molecule has 3 heterocycles. The Bertz CT molecular complexity index is 1340. The van der Waals surface area contributed by atoms with Gasteiger partial charge < -0.3 is 9.47 Å². The van der Waals surface area contributed by atoms with Crippen LogP contribution in [0.1, 0.15) is 93.4 Å². The molecule has 2 aromatic rings. The molecule has 2 saturated heterocycles. The Morgan fingerprint density at radius 2 is 1.75 bits per heavy atom. The predicted octanol–water partition coefficient (Wildman–Crippen LogP) is 4.89. The van der Waals surface area contributed by atoms with E-state index in [1.165, 1.54) is 16.7 Å². The minimum absolute atomic E-state index is 0.0516. The number of nitrogens with one attached hydrogen (secondary N) is 3. The molecule has 1 aliphatic carbocycles. The van der Waals surface area contributed by atoms with Gasteiger partial charge in [-0.2, -0.15) is 4.72 Å². The third-order valence-corrected chi connectivity index (χ3v) is 11.3. The molecule has 2 aliphatic heterocycles. The second-order valence-corrected chi connectivity index (χ2v) is 16.4. The van der Waals surface area contributed by atoms with Crippen molar-refractivity contribution in [1.82, 2.24) is 25.2 Å². The molecular formula is C34H53N5O4S. The highest BCUT2D eigenvalue weighted by Crippen LogP contribution is 2.34. The summed E-state index contributed by atoms with van der Waals surface area (Å²) in [6, 6.07) is 12.5. The largest absolute Gasteiger partial charge is 0.378 e. The Morgan fingerprint density at radius 3 is 2.48 bits per heavy atom. The number of aromatic nitrogens is 1. The monoisotopic (exact) mass is 627 g/mol. The molecule has 1 saturated carbocycles. The average Bonchev–Trinajstić information content (AvgIpc) is 2.94. The minimum atomic E-state index is -3.58. The third-order valence-electron chi connectivity index (χ3n) is 9.39. The number of hydrogen-bond donors (Lipinski definition) is 3. The fraction of sp³-hybridized carbons (Fsp3) is 0.676. The molecule has 6 atom stereocenters. The van der Waals surface area contributed by atoms with E-state index >= 15 is 0 Å². The molecule has 1 aromatic carbocycles. The summed E-state index contributed by atoms with van der Waals surface area (Å²) in [5.41, 5.74) is 5.59. The van der Waals surface area contributed by atoms with Crippen molar-refractivity contribution in [3.63, 3.8) is 0 Å². The van der Waals surface area contributed by atoms with Crippen LogP contribution in [0.5, 0.6) is 0 Å². The van der Waals surface area contributed by atoms with Crippen molar-refractivity contribution in [2.45, 2.75) is 116 Å². The first-order chi connectivity index (χ1) is 20.9. The van der Waals surface area contributed by atoms with Gasteiger partial charge in [-0.3, -0.25) is 20.5 Å². The summed E-state index contributed by atoms with van der Waals surface area (Å²) in [4.78, 5) is 7.44. The number of aryl methyl sites for hydroxylation is 2. The standard InChI is InChI=1S/C34H53N5O4S/c1-23-10-7-11-24(2)32(23)30-17-31-37-33(36-30)38-44(40,41)29-15-8-12-25(16-29)19-39(28(22-43-31)18-34(3,4)5)20-26-13-9-14-27(35-26)21-42-6/h7,9-11,13-14,25,28-31,33,36-38H,8,12,15-22H2,1-6H3/t25?,28-,29?,30?,31?,33?/m1/s1. The van der Waals surface area contributed by atoms with Gasteiger partial charge in [-0.15, -0.1) is 0 Å². The summed E-state index contributed by atoms with van der Waals surface area (Å²) in [5.74, 6) is 0.276. The molecule has 3 aliphatic rings. The third kappa shape index (κ3) is 8.66. The molecule has 10 heteroatoms. The van der Waals surface area contributed by atoms with Crippen LogP contribution in [0.3, 0.4) is 0 Å². The first-order valence-corrected chi connectivity index (χ1v) is 17.8. The molecule has 0 spiro atoms. The Labute approximate surface area is 264 Å². The van der Waals surface area contributed by atoms with Gasteiger partial charge in [-0.25, -0.2) is 8.42 Å². The topological polar surface area (TPSA) is 105 Å². The SMILES string of the molecule is COCc1cccc(CN2CC3CCCC(C3)S(=O)(=O)NC3NC(CC(c4c(C)cccc4C)N3)OC[C@H]2CC(C)(C)C)n1. The smallest absolute Gasteiger partial charge is 0.216 e. The molecule has 3 fully saturated rings. The Morgan fingerprint density at radius 1 is 1.02 bits per heavy atom. The Balaban J connectivity index is 1.49. The van der Waals surface area contributed by atoms with E-state index in [1.54, 1.807) is 7.11 Å². The van der Waals surface area contributed by atoms with Crippen LogP contribution in [-0.4, -0.2) is 62.4 Å². The lowest BCUT2D eigenvalue weighted by Crippen LogP contribution is -2.64. The lowest BCUT2D eigenvalue weighted by molar-refractivity contribution is -0.0517. The van der Waals surface area contributed by atoms with Crippen LogP contribution in [0, 0.1) is 25.2 Å². The van der Waals surface area contributed by atoms with E-state index in [0.717, 1.165) is 37.2 Å². The highest BCUT2D eigenvalue weighted by Gasteiger charge is 2.39. The van der Waals surface area contributed by atoms with Crippen molar-refractivity contribution in [2.75, 3.05) is 20.3 Å². The molecule has 44 heavy (non-hydrogen) atoms. The van der Waals surface area contributed by atoms with Crippen LogP contribution < -0.4 is 15.4 Å². The number of hydrogen-bond acceptors (Lipinski definition) is 8. The number of pyridine rings is 1. The maximum absolute atomic E-state index is 13.8. The minimum Gasteiger partial charge on any atom is -0.378 e. The van der Waals surface area contributed by atoms with Gasteiger partial charge in [0.1, 0.15) is 12.5 Å². The van der Waals surface area contributed by atoms with Gasteiger partial charge in [0.25, 0.3) is 0 Å². The van der Waals surface area contributed by atoms with E-state index in [9.17, 15) is 8.42 Å². The fourth-order valence-electron chi connectivity index (χ4n) is 7.45. The predicted molar refractivity (Wildman–Crippen MR) is 174 cm³/mol. The van der Waals surface area contributed by atoms with Crippen LogP contribution >= 0.6 is 0 Å². The number of nitrogens with zero attached hydrogens (tertiary/aromatic N) is 2. The zero-order chi connectivity index (χ0) is 31.5. The number of sulfonamides is 1. The van der Waals surface area contributed by atoms with Crippen molar-refractivity contribution < 1.29 is 17.9 Å². The Hall–Kier alpha value is -1.92. The summed E-state index contributed by atoms with van der Waals surface area (Å²) in [7, 11) is -1.89. The van der Waals surface area contributed by atoms with Crippen LogP contribution in [0.15, 0.2) is 36.4 Å². The summed E-state index contributed by atoms with van der Waals surface area (Å²) in [5, 5.41) is 6.62. The van der Waals surface area contributed by atoms with Gasteiger partial charge in [0, 0.05) is 38.7 Å². The van der Waals surface area contributed by atoms with Crippen LogP contribution in [0.25, 0.3) is 0 Å². The van der Waals surface area contributed by atoms with Crippen molar-refractivity contribution in [3.8, 4) is 0 Å². The van der Waals surface area contributed by atoms with E-state index in [2.05, 4.69) is 79.1 Å². The van der Waals surface area contributed by atoms with Gasteiger partial charge in [-0.05, 0) is 79.7 Å². The lowest BCUT2D eigenvalue weighted by Gasteiger charge is -2.41. The molecule has 9 nitrogen and oxygen atoms in total. The van der Waals surface area contributed by atoms with Gasteiger partial charge >= 0.3 is 0 Å². The number of ether oxygens (including phenoxy) is 2. The zero-order valence-corrected chi connectivity index (χ0v) is 28.3. The van der Waals surface area contributed by atoms with Gasteiger partial charge in [0.05, 0.1) is 29.9 Å². The zero-order valence-electron chi connectivity index (χ0n) is 27.4. The van der Waals surface area contributed by atoms with Crippen LogP contribution in [-0.2, 0) is 32.6 Å². The van der Waals surface area contributed by atoms with Crippen molar-refractivity contribution in [2.24, 2.45) is 11.3 Å². The van der Waals surface area contributed by atoms with Crippen molar-refractivity contribution in [1.29, 1.82) is 0 Å². The number of methoxy groups -OCH3 is 1. The molecule has 4 bridgehead atoms. The Kier molecular flexibility index (Phi) is 10.8. The normalized spacial score (nSPS) is 30.1. The fourth-order valence-corrected chi connectivity index (χ4v) is 9.11. The first-order valence-electron chi connectivity index (χ1n) is 16.3. The molecular weight excluding hydrogens is 574 g/mol. The van der Waals surface area contributed by atoms with E-state index in [1.807, 2.05) is 12.1 Å². The highest BCUT2D eigenvalue weighted by atomic mass is 32.2. The van der Waals surface area contributed by atoms with Crippen LogP contribution in [0.2, 0.25) is 0 Å².